The third-order valence-corrected chi connectivity index (χ3v) is 3.23. The van der Waals surface area contributed by atoms with Gasteiger partial charge in [-0.05, 0) is 24.8 Å². The van der Waals surface area contributed by atoms with Crippen LogP contribution in [0.5, 0.6) is 0 Å². The van der Waals surface area contributed by atoms with E-state index in [9.17, 15) is 19.7 Å². The number of nitro groups is 1. The molecule has 0 aliphatic rings. The lowest BCUT2D eigenvalue weighted by atomic mass is 10.1. The molecule has 7 heteroatoms. The summed E-state index contributed by atoms with van der Waals surface area (Å²) in [4.78, 5) is 32.7. The Bertz CT molecular complexity index is 527. The molecule has 7 nitrogen and oxygen atoms in total. The fraction of sp³-hybridized carbons (Fsp3) is 0.467. The highest BCUT2D eigenvalue weighted by Gasteiger charge is 2.18. The number of nitro benzene ring substituents is 1. The Morgan fingerprint density at radius 1 is 1.32 bits per heavy atom. The van der Waals surface area contributed by atoms with Gasteiger partial charge in [-0.3, -0.25) is 14.9 Å². The van der Waals surface area contributed by atoms with Crippen molar-refractivity contribution in [2.75, 3.05) is 0 Å². The van der Waals surface area contributed by atoms with E-state index in [2.05, 4.69) is 5.32 Å². The summed E-state index contributed by atoms with van der Waals surface area (Å²) in [5.41, 5.74) is 0.937. The maximum absolute atomic E-state index is 11.7. The summed E-state index contributed by atoms with van der Waals surface area (Å²) in [7, 11) is 0. The molecule has 0 bridgehead atoms. The van der Waals surface area contributed by atoms with Crippen LogP contribution < -0.4 is 5.32 Å². The van der Waals surface area contributed by atoms with Crippen molar-refractivity contribution >= 4 is 17.6 Å². The molecule has 0 radical (unpaired) electrons. The maximum atomic E-state index is 11.7. The van der Waals surface area contributed by atoms with Crippen LogP contribution in [0.15, 0.2) is 24.3 Å². The number of aliphatic carboxylic acids is 1. The van der Waals surface area contributed by atoms with Gasteiger partial charge in [-0.2, -0.15) is 0 Å². The standard InChI is InChI=1S/C15H20N2O5/c1-2-4-13(15(19)20)16-14(18)6-3-5-11-7-9-12(10-8-11)17(21)22/h7-10,13H,2-6H2,1H3,(H,16,18)(H,19,20). The SMILES string of the molecule is CCCC(NC(=O)CCCc1ccc([N+](=O)[O-])cc1)C(=O)O. The zero-order valence-electron chi connectivity index (χ0n) is 12.4. The first-order valence-corrected chi connectivity index (χ1v) is 7.19. The summed E-state index contributed by atoms with van der Waals surface area (Å²) in [6.07, 6.45) is 2.48. The van der Waals surface area contributed by atoms with Crippen molar-refractivity contribution in [3.8, 4) is 0 Å². The molecule has 0 aromatic heterocycles. The fourth-order valence-electron chi connectivity index (χ4n) is 2.05. The van der Waals surface area contributed by atoms with E-state index >= 15 is 0 Å². The number of amides is 1. The Hall–Kier alpha value is -2.44. The molecule has 0 spiro atoms. The maximum Gasteiger partial charge on any atom is 0.326 e. The highest BCUT2D eigenvalue weighted by atomic mass is 16.6. The molecule has 0 saturated carbocycles. The second-order valence-electron chi connectivity index (χ2n) is 5.02. The lowest BCUT2D eigenvalue weighted by Crippen LogP contribution is -2.40. The molecule has 0 heterocycles. The van der Waals surface area contributed by atoms with Crippen molar-refractivity contribution in [2.45, 2.75) is 45.1 Å². The molecule has 22 heavy (non-hydrogen) atoms. The zero-order chi connectivity index (χ0) is 16.5. The number of carbonyl (C=O) groups excluding carboxylic acids is 1. The largest absolute Gasteiger partial charge is 0.480 e. The Morgan fingerprint density at radius 2 is 1.95 bits per heavy atom. The number of nitrogens with one attached hydrogen (secondary N) is 1. The van der Waals surface area contributed by atoms with Crippen molar-refractivity contribution in [1.82, 2.24) is 5.32 Å². The van der Waals surface area contributed by atoms with Gasteiger partial charge in [0.1, 0.15) is 6.04 Å². The van der Waals surface area contributed by atoms with E-state index in [0.29, 0.717) is 25.7 Å². The van der Waals surface area contributed by atoms with Crippen LogP contribution in [0, 0.1) is 10.1 Å². The van der Waals surface area contributed by atoms with Gasteiger partial charge in [0.25, 0.3) is 5.69 Å². The van der Waals surface area contributed by atoms with Crippen molar-refractivity contribution in [3.63, 3.8) is 0 Å². The predicted molar refractivity (Wildman–Crippen MR) is 80.5 cm³/mol. The molecular formula is C15H20N2O5. The van der Waals surface area contributed by atoms with Crippen molar-refractivity contribution < 1.29 is 19.6 Å². The molecule has 1 atom stereocenters. The summed E-state index contributed by atoms with van der Waals surface area (Å²) in [6, 6.07) is 5.34. The number of hydrogen-bond donors (Lipinski definition) is 2. The zero-order valence-corrected chi connectivity index (χ0v) is 12.4. The van der Waals surface area contributed by atoms with Gasteiger partial charge in [-0.25, -0.2) is 4.79 Å². The fourth-order valence-corrected chi connectivity index (χ4v) is 2.05. The van der Waals surface area contributed by atoms with Crippen LogP contribution in [0.4, 0.5) is 5.69 Å². The molecule has 1 aromatic carbocycles. The van der Waals surface area contributed by atoms with Gasteiger partial charge in [-0.1, -0.05) is 25.5 Å². The molecule has 0 saturated heterocycles. The first-order chi connectivity index (χ1) is 10.4. The lowest BCUT2D eigenvalue weighted by Gasteiger charge is -2.13. The molecule has 120 valence electrons. The number of carbonyl (C=O) groups is 2. The molecule has 1 aromatic rings. The van der Waals surface area contributed by atoms with E-state index in [1.807, 2.05) is 6.92 Å². The van der Waals surface area contributed by atoms with Gasteiger partial charge in [-0.15, -0.1) is 0 Å². The third-order valence-electron chi connectivity index (χ3n) is 3.23. The van der Waals surface area contributed by atoms with E-state index in [1.54, 1.807) is 12.1 Å². The molecule has 1 unspecified atom stereocenters. The van der Waals surface area contributed by atoms with Crippen molar-refractivity contribution in [3.05, 3.63) is 39.9 Å². The second-order valence-corrected chi connectivity index (χ2v) is 5.02. The van der Waals surface area contributed by atoms with Gasteiger partial charge >= 0.3 is 5.97 Å². The first-order valence-electron chi connectivity index (χ1n) is 7.19. The average Bonchev–Trinajstić information content (AvgIpc) is 2.47. The van der Waals surface area contributed by atoms with Crippen LogP contribution in [0.2, 0.25) is 0 Å². The summed E-state index contributed by atoms with van der Waals surface area (Å²) >= 11 is 0. The molecule has 0 fully saturated rings. The smallest absolute Gasteiger partial charge is 0.326 e. The predicted octanol–water partition coefficient (Wildman–Crippen LogP) is 2.29. The Morgan fingerprint density at radius 3 is 2.45 bits per heavy atom. The number of nitrogens with zero attached hydrogens (tertiary/aromatic N) is 1. The Labute approximate surface area is 128 Å². The van der Waals surface area contributed by atoms with Gasteiger partial charge < -0.3 is 10.4 Å². The highest BCUT2D eigenvalue weighted by molar-refractivity contribution is 5.83. The molecule has 0 aliphatic carbocycles. The van der Waals surface area contributed by atoms with Crippen LogP contribution in [0.1, 0.15) is 38.2 Å². The minimum Gasteiger partial charge on any atom is -0.480 e. The van der Waals surface area contributed by atoms with E-state index in [4.69, 9.17) is 5.11 Å². The monoisotopic (exact) mass is 308 g/mol. The number of rotatable bonds is 9. The van der Waals surface area contributed by atoms with Crippen LogP contribution in [-0.4, -0.2) is 27.9 Å². The Balaban J connectivity index is 2.38. The van der Waals surface area contributed by atoms with E-state index in [-0.39, 0.29) is 18.0 Å². The highest BCUT2D eigenvalue weighted by Crippen LogP contribution is 2.13. The normalized spacial score (nSPS) is 11.7. The minimum absolute atomic E-state index is 0.0327. The molecule has 1 amide bonds. The van der Waals surface area contributed by atoms with Gasteiger partial charge in [0, 0.05) is 18.6 Å². The van der Waals surface area contributed by atoms with Gasteiger partial charge in [0.05, 0.1) is 4.92 Å². The summed E-state index contributed by atoms with van der Waals surface area (Å²) in [5.74, 6) is -1.31. The van der Waals surface area contributed by atoms with E-state index in [0.717, 1.165) is 5.56 Å². The first kappa shape index (κ1) is 17.6. The summed E-state index contributed by atoms with van der Waals surface area (Å²) in [6.45, 7) is 1.86. The number of carboxylic acid groups (broad SMARTS) is 1. The van der Waals surface area contributed by atoms with E-state index < -0.39 is 16.9 Å². The van der Waals surface area contributed by atoms with E-state index in [1.165, 1.54) is 12.1 Å². The van der Waals surface area contributed by atoms with Crippen molar-refractivity contribution in [1.29, 1.82) is 0 Å². The summed E-state index contributed by atoms with van der Waals surface area (Å²) in [5, 5.41) is 22.0. The average molecular weight is 308 g/mol. The molecule has 0 aliphatic heterocycles. The quantitative estimate of drug-likeness (QED) is 0.537. The molecule has 1 rings (SSSR count). The number of aryl methyl sites for hydroxylation is 1. The van der Waals surface area contributed by atoms with Crippen LogP contribution in [0.3, 0.4) is 0 Å². The minimum atomic E-state index is -1.02. The van der Waals surface area contributed by atoms with Crippen LogP contribution >= 0.6 is 0 Å². The number of hydrogen-bond acceptors (Lipinski definition) is 4. The Kier molecular flexibility index (Phi) is 7.01. The lowest BCUT2D eigenvalue weighted by molar-refractivity contribution is -0.384. The summed E-state index contributed by atoms with van der Waals surface area (Å²) < 4.78 is 0. The topological polar surface area (TPSA) is 110 Å². The number of carboxylic acids is 1. The van der Waals surface area contributed by atoms with Crippen LogP contribution in [0.25, 0.3) is 0 Å². The molecular weight excluding hydrogens is 288 g/mol. The third kappa shape index (κ3) is 5.90. The van der Waals surface area contributed by atoms with Crippen LogP contribution in [-0.2, 0) is 16.0 Å². The van der Waals surface area contributed by atoms with Gasteiger partial charge in [0.15, 0.2) is 0 Å². The van der Waals surface area contributed by atoms with Gasteiger partial charge in [0.2, 0.25) is 5.91 Å². The number of benzene rings is 1. The number of non-ortho nitro benzene ring substituents is 1. The second kappa shape index (κ2) is 8.76. The van der Waals surface area contributed by atoms with Crippen molar-refractivity contribution in [2.24, 2.45) is 0 Å². The molecule has 2 N–H and O–H groups in total.